The molecule has 0 atom stereocenters. The van der Waals surface area contributed by atoms with Crippen LogP contribution < -0.4 is 14.2 Å². The van der Waals surface area contributed by atoms with Gasteiger partial charge in [-0.25, -0.2) is 13.1 Å². The summed E-state index contributed by atoms with van der Waals surface area (Å²) in [5.74, 6) is 1.37. The molecule has 0 aliphatic carbocycles. The lowest BCUT2D eigenvalue weighted by molar-refractivity contribution is 0.297. The third kappa shape index (κ3) is 3.71. The first kappa shape index (κ1) is 16.8. The third-order valence-corrected chi connectivity index (χ3v) is 5.46. The summed E-state index contributed by atoms with van der Waals surface area (Å²) < 4.78 is 38.9. The number of hydrogen-bond donors (Lipinski definition) is 1. The van der Waals surface area contributed by atoms with Crippen LogP contribution >= 0.6 is 0 Å². The maximum absolute atomic E-state index is 12.5. The van der Waals surface area contributed by atoms with Crippen LogP contribution in [0.5, 0.6) is 11.5 Å². The lowest BCUT2D eigenvalue weighted by Crippen LogP contribution is -2.24. The Morgan fingerprint density at radius 3 is 2.50 bits per heavy atom. The van der Waals surface area contributed by atoms with E-state index in [4.69, 9.17) is 9.47 Å². The first-order chi connectivity index (χ1) is 11.5. The molecule has 1 aliphatic heterocycles. The zero-order chi connectivity index (χ0) is 17.2. The fourth-order valence-corrected chi connectivity index (χ4v) is 3.92. The molecule has 3 rings (SSSR count). The van der Waals surface area contributed by atoms with Gasteiger partial charge in [-0.1, -0.05) is 23.8 Å². The van der Waals surface area contributed by atoms with Crippen molar-refractivity contribution in [2.24, 2.45) is 0 Å². The highest BCUT2D eigenvalue weighted by Gasteiger charge is 2.17. The highest BCUT2D eigenvalue weighted by atomic mass is 32.2. The van der Waals surface area contributed by atoms with Crippen LogP contribution in [0.1, 0.15) is 23.1 Å². The normalized spacial score (nSPS) is 14.2. The molecule has 128 valence electrons. The molecule has 0 saturated carbocycles. The van der Waals surface area contributed by atoms with Crippen LogP contribution in [0.15, 0.2) is 41.3 Å². The summed E-state index contributed by atoms with van der Waals surface area (Å²) in [6.45, 7) is 5.17. The van der Waals surface area contributed by atoms with E-state index in [1.165, 1.54) is 0 Å². The van der Waals surface area contributed by atoms with E-state index in [0.29, 0.717) is 29.6 Å². The van der Waals surface area contributed by atoms with Crippen molar-refractivity contribution >= 4 is 10.0 Å². The van der Waals surface area contributed by atoms with E-state index in [1.54, 1.807) is 19.1 Å². The van der Waals surface area contributed by atoms with Gasteiger partial charge in [-0.2, -0.15) is 0 Å². The van der Waals surface area contributed by atoms with Crippen LogP contribution in [-0.2, 0) is 16.6 Å². The minimum absolute atomic E-state index is 0.201. The van der Waals surface area contributed by atoms with E-state index in [1.807, 2.05) is 31.2 Å². The minimum atomic E-state index is -3.56. The molecule has 0 amide bonds. The molecule has 24 heavy (non-hydrogen) atoms. The van der Waals surface area contributed by atoms with Gasteiger partial charge in [0.1, 0.15) is 0 Å². The van der Waals surface area contributed by atoms with Crippen LogP contribution in [0.4, 0.5) is 0 Å². The second kappa shape index (κ2) is 6.83. The summed E-state index contributed by atoms with van der Waals surface area (Å²) in [6.07, 6.45) is 0.837. The lowest BCUT2D eigenvalue weighted by atomic mass is 10.2. The molecule has 6 heteroatoms. The van der Waals surface area contributed by atoms with Gasteiger partial charge in [-0.05, 0) is 43.2 Å². The van der Waals surface area contributed by atoms with E-state index >= 15 is 0 Å². The molecular formula is C18H21NO4S. The van der Waals surface area contributed by atoms with Gasteiger partial charge in [-0.3, -0.25) is 0 Å². The van der Waals surface area contributed by atoms with E-state index in [9.17, 15) is 8.42 Å². The minimum Gasteiger partial charge on any atom is -0.490 e. The standard InChI is InChI=1S/C18H21NO4S/c1-13-4-7-18(14(2)10-13)24(20,21)19-12-15-5-6-16-17(11-15)23-9-3-8-22-16/h4-7,10-11,19H,3,8-9,12H2,1-2H3. The lowest BCUT2D eigenvalue weighted by Gasteiger charge is -2.12. The van der Waals surface area contributed by atoms with E-state index < -0.39 is 10.0 Å². The summed E-state index contributed by atoms with van der Waals surface area (Å²) in [4.78, 5) is 0.308. The summed E-state index contributed by atoms with van der Waals surface area (Å²) in [7, 11) is -3.56. The molecule has 0 aromatic heterocycles. The summed E-state index contributed by atoms with van der Waals surface area (Å²) in [5, 5.41) is 0. The zero-order valence-corrected chi connectivity index (χ0v) is 14.7. The van der Waals surface area contributed by atoms with Crippen molar-refractivity contribution in [2.75, 3.05) is 13.2 Å². The van der Waals surface area contributed by atoms with Gasteiger partial charge in [0.25, 0.3) is 0 Å². The fraction of sp³-hybridized carbons (Fsp3) is 0.333. The Bertz CT molecular complexity index is 846. The number of benzene rings is 2. The molecule has 0 radical (unpaired) electrons. The molecule has 1 aliphatic rings. The molecular weight excluding hydrogens is 326 g/mol. The number of ether oxygens (including phenoxy) is 2. The van der Waals surface area contributed by atoms with Gasteiger partial charge < -0.3 is 9.47 Å². The van der Waals surface area contributed by atoms with Gasteiger partial charge in [-0.15, -0.1) is 0 Å². The van der Waals surface area contributed by atoms with Crippen molar-refractivity contribution in [1.82, 2.24) is 4.72 Å². The Kier molecular flexibility index (Phi) is 4.78. The molecule has 0 saturated heterocycles. The SMILES string of the molecule is Cc1ccc(S(=O)(=O)NCc2ccc3c(c2)OCCCO3)c(C)c1. The predicted molar refractivity (Wildman–Crippen MR) is 92.0 cm³/mol. The van der Waals surface area contributed by atoms with E-state index in [-0.39, 0.29) is 6.54 Å². The summed E-state index contributed by atoms with van der Waals surface area (Å²) in [5.41, 5.74) is 2.60. The monoisotopic (exact) mass is 347 g/mol. The largest absolute Gasteiger partial charge is 0.490 e. The van der Waals surface area contributed by atoms with Crippen molar-refractivity contribution in [3.8, 4) is 11.5 Å². The summed E-state index contributed by atoms with van der Waals surface area (Å²) >= 11 is 0. The van der Waals surface area contributed by atoms with Gasteiger partial charge in [0.2, 0.25) is 10.0 Å². The fourth-order valence-electron chi connectivity index (χ4n) is 2.67. The van der Waals surface area contributed by atoms with Crippen molar-refractivity contribution in [1.29, 1.82) is 0 Å². The second-order valence-corrected chi connectivity index (χ2v) is 7.66. The van der Waals surface area contributed by atoms with Crippen molar-refractivity contribution < 1.29 is 17.9 Å². The van der Waals surface area contributed by atoms with Gasteiger partial charge >= 0.3 is 0 Å². The molecule has 0 fully saturated rings. The average Bonchev–Trinajstić information content (AvgIpc) is 2.77. The number of fused-ring (bicyclic) bond motifs is 1. The quantitative estimate of drug-likeness (QED) is 0.923. The molecule has 1 N–H and O–H groups in total. The maximum atomic E-state index is 12.5. The topological polar surface area (TPSA) is 64.6 Å². The molecule has 5 nitrogen and oxygen atoms in total. The zero-order valence-electron chi connectivity index (χ0n) is 13.8. The van der Waals surface area contributed by atoms with Crippen LogP contribution in [0.25, 0.3) is 0 Å². The average molecular weight is 347 g/mol. The van der Waals surface area contributed by atoms with Crippen LogP contribution in [0, 0.1) is 13.8 Å². The number of aryl methyl sites for hydroxylation is 2. The maximum Gasteiger partial charge on any atom is 0.241 e. The third-order valence-electron chi connectivity index (χ3n) is 3.90. The molecule has 0 spiro atoms. The Balaban J connectivity index is 1.76. The van der Waals surface area contributed by atoms with Gasteiger partial charge in [0.15, 0.2) is 11.5 Å². The number of hydrogen-bond acceptors (Lipinski definition) is 4. The number of rotatable bonds is 4. The Morgan fingerprint density at radius 1 is 1.00 bits per heavy atom. The van der Waals surface area contributed by atoms with E-state index in [2.05, 4.69) is 4.72 Å². The van der Waals surface area contributed by atoms with Crippen molar-refractivity contribution in [3.63, 3.8) is 0 Å². The first-order valence-corrected chi connectivity index (χ1v) is 9.39. The van der Waals surface area contributed by atoms with Crippen LogP contribution in [0.2, 0.25) is 0 Å². The second-order valence-electron chi connectivity index (χ2n) is 5.93. The molecule has 0 unspecified atom stereocenters. The first-order valence-electron chi connectivity index (χ1n) is 7.91. The summed E-state index contributed by atoms with van der Waals surface area (Å²) in [6, 6.07) is 10.8. The van der Waals surface area contributed by atoms with E-state index in [0.717, 1.165) is 23.1 Å². The smallest absolute Gasteiger partial charge is 0.241 e. The number of sulfonamides is 1. The van der Waals surface area contributed by atoms with Crippen LogP contribution in [0.3, 0.4) is 0 Å². The highest BCUT2D eigenvalue weighted by molar-refractivity contribution is 7.89. The molecule has 0 bridgehead atoms. The van der Waals surface area contributed by atoms with Crippen LogP contribution in [-0.4, -0.2) is 21.6 Å². The Morgan fingerprint density at radius 2 is 1.75 bits per heavy atom. The van der Waals surface area contributed by atoms with Gasteiger partial charge in [0, 0.05) is 13.0 Å². The van der Waals surface area contributed by atoms with Crippen molar-refractivity contribution in [2.45, 2.75) is 31.7 Å². The molecule has 2 aromatic rings. The Labute approximate surface area is 142 Å². The van der Waals surface area contributed by atoms with Crippen molar-refractivity contribution in [3.05, 3.63) is 53.1 Å². The van der Waals surface area contributed by atoms with Gasteiger partial charge in [0.05, 0.1) is 18.1 Å². The Hall–Kier alpha value is -2.05. The molecule has 2 aromatic carbocycles. The molecule has 1 heterocycles. The predicted octanol–water partition coefficient (Wildman–Crippen LogP) is 2.94. The number of nitrogens with one attached hydrogen (secondary N) is 1. The highest BCUT2D eigenvalue weighted by Crippen LogP contribution is 2.30.